The van der Waals surface area contributed by atoms with Crippen LogP contribution in [0.5, 0.6) is 5.75 Å². The van der Waals surface area contributed by atoms with E-state index >= 15 is 0 Å². The Morgan fingerprint density at radius 1 is 1.36 bits per heavy atom. The molecule has 0 spiro atoms. The lowest BCUT2D eigenvalue weighted by Gasteiger charge is -2.11. The Kier molecular flexibility index (Phi) is 4.19. The third kappa shape index (κ3) is 3.67. The Morgan fingerprint density at radius 3 is 2.88 bits per heavy atom. The van der Waals surface area contributed by atoms with Gasteiger partial charge in [0.15, 0.2) is 11.6 Å². The van der Waals surface area contributed by atoms with Gasteiger partial charge in [0.1, 0.15) is 5.69 Å². The number of rotatable bonds is 7. The molecular formula is C19H22FN3O2. The van der Waals surface area contributed by atoms with E-state index in [1.54, 1.807) is 29.9 Å². The molecule has 1 aromatic carbocycles. The largest absolute Gasteiger partial charge is 0.490 e. The molecule has 2 saturated carbocycles. The van der Waals surface area contributed by atoms with Crippen molar-refractivity contribution in [2.45, 2.75) is 38.1 Å². The highest BCUT2D eigenvalue weighted by atomic mass is 19.1. The van der Waals surface area contributed by atoms with E-state index < -0.39 is 5.82 Å². The molecule has 1 amide bonds. The highest BCUT2D eigenvalue weighted by Gasteiger charge is 2.28. The third-order valence-corrected chi connectivity index (χ3v) is 4.78. The van der Waals surface area contributed by atoms with Gasteiger partial charge in [0.05, 0.1) is 12.3 Å². The molecule has 25 heavy (non-hydrogen) atoms. The number of nitrogens with one attached hydrogen (secondary N) is 1. The summed E-state index contributed by atoms with van der Waals surface area (Å²) in [6.45, 7) is 0.681. The van der Waals surface area contributed by atoms with Gasteiger partial charge in [0, 0.05) is 25.1 Å². The standard InChI is InChI=1S/C19H22FN3O2/c1-23-16(9-15(22-23)13-7-8-13)19(24)21-10-14-3-2-4-17(18(14)20)25-11-12-5-6-12/h2-4,9,12-13H,5-8,10-11H2,1H3,(H,21,24). The molecule has 1 aromatic heterocycles. The summed E-state index contributed by atoms with van der Waals surface area (Å²) in [4.78, 5) is 12.4. The fourth-order valence-electron chi connectivity index (χ4n) is 2.84. The van der Waals surface area contributed by atoms with Gasteiger partial charge < -0.3 is 10.1 Å². The topological polar surface area (TPSA) is 56.2 Å². The summed E-state index contributed by atoms with van der Waals surface area (Å²) >= 11 is 0. The van der Waals surface area contributed by atoms with Crippen LogP contribution in [-0.2, 0) is 13.6 Å². The Morgan fingerprint density at radius 2 is 2.16 bits per heavy atom. The number of hydrogen-bond acceptors (Lipinski definition) is 3. The Balaban J connectivity index is 1.40. The number of ether oxygens (including phenoxy) is 1. The summed E-state index contributed by atoms with van der Waals surface area (Å²) in [6, 6.07) is 6.88. The minimum atomic E-state index is -0.396. The zero-order chi connectivity index (χ0) is 17.4. The van der Waals surface area contributed by atoms with E-state index in [1.165, 1.54) is 0 Å². The van der Waals surface area contributed by atoms with E-state index in [1.807, 2.05) is 6.07 Å². The predicted octanol–water partition coefficient (Wildman–Crippen LogP) is 3.16. The van der Waals surface area contributed by atoms with Crippen LogP contribution in [0.1, 0.15) is 53.3 Å². The molecule has 4 rings (SSSR count). The second-order valence-electron chi connectivity index (χ2n) is 7.02. The van der Waals surface area contributed by atoms with Crippen molar-refractivity contribution in [3.8, 4) is 5.75 Å². The molecule has 6 heteroatoms. The summed E-state index contributed by atoms with van der Waals surface area (Å²) in [6.07, 6.45) is 4.59. The highest BCUT2D eigenvalue weighted by Crippen LogP contribution is 2.39. The third-order valence-electron chi connectivity index (χ3n) is 4.78. The average Bonchev–Trinajstić information content (AvgIpc) is 3.51. The molecule has 2 aliphatic rings. The van der Waals surface area contributed by atoms with E-state index in [0.717, 1.165) is 31.4 Å². The number of benzene rings is 1. The van der Waals surface area contributed by atoms with Gasteiger partial charge in [-0.05, 0) is 43.7 Å². The van der Waals surface area contributed by atoms with Crippen LogP contribution in [0.25, 0.3) is 0 Å². The van der Waals surface area contributed by atoms with E-state index in [2.05, 4.69) is 10.4 Å². The lowest BCUT2D eigenvalue weighted by molar-refractivity contribution is 0.0941. The molecule has 0 bridgehead atoms. The zero-order valence-electron chi connectivity index (χ0n) is 14.3. The summed E-state index contributed by atoms with van der Waals surface area (Å²) in [7, 11) is 1.76. The number of amides is 1. The van der Waals surface area contributed by atoms with Crippen molar-refractivity contribution in [2.75, 3.05) is 6.61 Å². The van der Waals surface area contributed by atoms with Crippen molar-refractivity contribution in [3.63, 3.8) is 0 Å². The van der Waals surface area contributed by atoms with Crippen molar-refractivity contribution in [1.29, 1.82) is 0 Å². The number of carbonyl (C=O) groups is 1. The number of aryl methyl sites for hydroxylation is 1. The van der Waals surface area contributed by atoms with E-state index in [4.69, 9.17) is 4.74 Å². The number of carbonyl (C=O) groups excluding carboxylic acids is 1. The second kappa shape index (κ2) is 6.50. The van der Waals surface area contributed by atoms with Gasteiger partial charge in [0.25, 0.3) is 5.91 Å². The summed E-state index contributed by atoms with van der Waals surface area (Å²) < 4.78 is 21.6. The lowest BCUT2D eigenvalue weighted by atomic mass is 10.2. The maximum Gasteiger partial charge on any atom is 0.269 e. The predicted molar refractivity (Wildman–Crippen MR) is 91.0 cm³/mol. The first-order valence-electron chi connectivity index (χ1n) is 8.84. The molecule has 0 atom stereocenters. The molecule has 2 fully saturated rings. The summed E-state index contributed by atoms with van der Waals surface area (Å²) in [5, 5.41) is 7.17. The molecule has 0 unspecified atom stereocenters. The van der Waals surface area contributed by atoms with Gasteiger partial charge in [-0.15, -0.1) is 0 Å². The minimum Gasteiger partial charge on any atom is -0.490 e. The SMILES string of the molecule is Cn1nc(C2CC2)cc1C(=O)NCc1cccc(OCC2CC2)c1F. The van der Waals surface area contributed by atoms with Crippen molar-refractivity contribution in [3.05, 3.63) is 47.0 Å². The number of aromatic nitrogens is 2. The normalized spacial score (nSPS) is 16.7. The van der Waals surface area contributed by atoms with Crippen LogP contribution in [0.2, 0.25) is 0 Å². The van der Waals surface area contributed by atoms with Crippen LogP contribution in [0.15, 0.2) is 24.3 Å². The molecule has 0 radical (unpaired) electrons. The van der Waals surface area contributed by atoms with Crippen LogP contribution in [-0.4, -0.2) is 22.3 Å². The Labute approximate surface area is 146 Å². The van der Waals surface area contributed by atoms with Gasteiger partial charge in [-0.2, -0.15) is 5.10 Å². The molecule has 0 saturated heterocycles. The second-order valence-corrected chi connectivity index (χ2v) is 7.02. The summed E-state index contributed by atoms with van der Waals surface area (Å²) in [5.41, 5.74) is 1.89. The van der Waals surface area contributed by atoms with E-state index in [0.29, 0.717) is 29.7 Å². The molecular weight excluding hydrogens is 321 g/mol. The van der Waals surface area contributed by atoms with Crippen LogP contribution in [0, 0.1) is 11.7 Å². The van der Waals surface area contributed by atoms with E-state index in [-0.39, 0.29) is 18.2 Å². The van der Waals surface area contributed by atoms with Crippen molar-refractivity contribution >= 4 is 5.91 Å². The number of nitrogens with zero attached hydrogens (tertiary/aromatic N) is 2. The summed E-state index contributed by atoms with van der Waals surface area (Å²) in [5.74, 6) is 0.673. The number of halogens is 1. The van der Waals surface area contributed by atoms with Crippen LogP contribution < -0.4 is 10.1 Å². The van der Waals surface area contributed by atoms with Crippen molar-refractivity contribution in [1.82, 2.24) is 15.1 Å². The van der Waals surface area contributed by atoms with Gasteiger partial charge >= 0.3 is 0 Å². The van der Waals surface area contributed by atoms with Gasteiger partial charge in [-0.25, -0.2) is 4.39 Å². The molecule has 132 valence electrons. The Hall–Kier alpha value is -2.37. The highest BCUT2D eigenvalue weighted by molar-refractivity contribution is 5.92. The van der Waals surface area contributed by atoms with Crippen molar-refractivity contribution in [2.24, 2.45) is 13.0 Å². The van der Waals surface area contributed by atoms with Gasteiger partial charge in [-0.1, -0.05) is 12.1 Å². The monoisotopic (exact) mass is 343 g/mol. The Bertz CT molecular complexity index is 794. The first-order chi connectivity index (χ1) is 12.1. The first kappa shape index (κ1) is 16.1. The smallest absolute Gasteiger partial charge is 0.269 e. The lowest BCUT2D eigenvalue weighted by Crippen LogP contribution is -2.25. The van der Waals surface area contributed by atoms with E-state index in [9.17, 15) is 9.18 Å². The fraction of sp³-hybridized carbons (Fsp3) is 0.474. The minimum absolute atomic E-state index is 0.120. The van der Waals surface area contributed by atoms with Crippen LogP contribution in [0.4, 0.5) is 4.39 Å². The maximum absolute atomic E-state index is 14.5. The van der Waals surface area contributed by atoms with Crippen molar-refractivity contribution < 1.29 is 13.9 Å². The average molecular weight is 343 g/mol. The van der Waals surface area contributed by atoms with Gasteiger partial charge in [0.2, 0.25) is 0 Å². The quantitative estimate of drug-likeness (QED) is 0.840. The molecule has 5 nitrogen and oxygen atoms in total. The maximum atomic E-state index is 14.5. The van der Waals surface area contributed by atoms with Crippen LogP contribution in [0.3, 0.4) is 0 Å². The zero-order valence-corrected chi connectivity index (χ0v) is 14.3. The molecule has 2 aliphatic carbocycles. The molecule has 1 heterocycles. The van der Waals surface area contributed by atoms with Crippen LogP contribution >= 0.6 is 0 Å². The number of hydrogen-bond donors (Lipinski definition) is 1. The molecule has 0 aliphatic heterocycles. The van der Waals surface area contributed by atoms with Gasteiger partial charge in [-0.3, -0.25) is 9.48 Å². The molecule has 2 aromatic rings. The fourth-order valence-corrected chi connectivity index (χ4v) is 2.84. The molecule has 1 N–H and O–H groups in total. The first-order valence-corrected chi connectivity index (χ1v) is 8.84.